The number of para-hydroxylation sites is 1. The molecule has 0 fully saturated rings. The Bertz CT molecular complexity index is 914. The van der Waals surface area contributed by atoms with E-state index in [1.54, 1.807) is 10.6 Å². The second kappa shape index (κ2) is 12.0. The molecule has 0 spiro atoms. The number of fused-ring (bicyclic) bond motifs is 1. The lowest BCUT2D eigenvalue weighted by Crippen LogP contribution is -2.16. The van der Waals surface area contributed by atoms with Crippen LogP contribution in [0.3, 0.4) is 0 Å². The first kappa shape index (κ1) is 22.6. The third-order valence-electron chi connectivity index (χ3n) is 3.28. The highest BCUT2D eigenvalue weighted by atomic mass is 35.5. The monoisotopic (exact) mass is 405 g/mol. The fourth-order valence-corrected chi connectivity index (χ4v) is 2.38. The molecule has 2 N–H and O–H groups in total. The summed E-state index contributed by atoms with van der Waals surface area (Å²) in [7, 11) is 0. The molecule has 0 amide bonds. The van der Waals surface area contributed by atoms with Crippen LogP contribution < -0.4 is 11.0 Å². The van der Waals surface area contributed by atoms with Gasteiger partial charge in [0, 0.05) is 22.3 Å². The van der Waals surface area contributed by atoms with Gasteiger partial charge in [0.1, 0.15) is 0 Å². The van der Waals surface area contributed by atoms with Gasteiger partial charge >= 0.3 is 5.69 Å². The van der Waals surface area contributed by atoms with Crippen LogP contribution in [0.15, 0.2) is 77.6 Å². The molecular formula is C21H25Cl2N3O. The van der Waals surface area contributed by atoms with Crippen LogP contribution in [0.4, 0.5) is 11.4 Å². The zero-order chi connectivity index (χ0) is 20.2. The summed E-state index contributed by atoms with van der Waals surface area (Å²) < 4.78 is 1.57. The molecule has 144 valence electrons. The highest BCUT2D eigenvalue weighted by molar-refractivity contribution is 6.29. The lowest BCUT2D eigenvalue weighted by molar-refractivity contribution is 0.800. The lowest BCUT2D eigenvalue weighted by Gasteiger charge is -2.06. The highest BCUT2D eigenvalue weighted by Crippen LogP contribution is 2.21. The zero-order valence-corrected chi connectivity index (χ0v) is 17.1. The first-order chi connectivity index (χ1) is 13.0. The molecule has 3 aromatic rings. The van der Waals surface area contributed by atoms with E-state index >= 15 is 0 Å². The van der Waals surface area contributed by atoms with Crippen molar-refractivity contribution >= 4 is 45.6 Å². The van der Waals surface area contributed by atoms with Crippen LogP contribution in [0, 0.1) is 0 Å². The lowest BCUT2D eigenvalue weighted by atomic mass is 10.2. The average molecular weight is 406 g/mol. The summed E-state index contributed by atoms with van der Waals surface area (Å²) in [4.78, 5) is 14.8. The number of aromatic amines is 1. The van der Waals surface area contributed by atoms with Gasteiger partial charge in [0.2, 0.25) is 0 Å². The minimum Gasteiger partial charge on any atom is -0.355 e. The van der Waals surface area contributed by atoms with Crippen LogP contribution in [0.1, 0.15) is 13.8 Å². The summed E-state index contributed by atoms with van der Waals surface area (Å²) in [6, 6.07) is 15.6. The largest absolute Gasteiger partial charge is 0.355 e. The van der Waals surface area contributed by atoms with Crippen molar-refractivity contribution in [3.05, 3.63) is 83.3 Å². The fourth-order valence-electron chi connectivity index (χ4n) is 2.26. The van der Waals surface area contributed by atoms with E-state index in [-0.39, 0.29) is 5.69 Å². The zero-order valence-electron chi connectivity index (χ0n) is 15.6. The second-order valence-corrected chi connectivity index (χ2v) is 6.04. The number of hydrogen-bond donors (Lipinski definition) is 2. The van der Waals surface area contributed by atoms with E-state index in [0.29, 0.717) is 17.5 Å². The van der Waals surface area contributed by atoms with E-state index in [4.69, 9.17) is 23.2 Å². The molecule has 1 heterocycles. The third kappa shape index (κ3) is 7.00. The Balaban J connectivity index is 0.000000541. The van der Waals surface area contributed by atoms with Crippen LogP contribution in [-0.4, -0.2) is 15.4 Å². The topological polar surface area (TPSA) is 49.8 Å². The van der Waals surface area contributed by atoms with Crippen LogP contribution >= 0.6 is 23.2 Å². The number of alkyl halides is 1. The quantitative estimate of drug-likeness (QED) is 0.388. The molecular weight excluding hydrogens is 381 g/mol. The SMILES string of the molecule is C=C(Cl)Cn1c(=O)[nH]c2cc(Nc3ccccc3)ccc21.C=CCCl.CC. The second-order valence-electron chi connectivity index (χ2n) is 5.20. The Kier molecular flexibility index (Phi) is 10.1. The molecule has 6 heteroatoms. The number of rotatable bonds is 5. The van der Waals surface area contributed by atoms with Gasteiger partial charge in [0.05, 0.1) is 17.6 Å². The Morgan fingerprint density at radius 3 is 2.37 bits per heavy atom. The highest BCUT2D eigenvalue weighted by Gasteiger charge is 2.07. The summed E-state index contributed by atoms with van der Waals surface area (Å²) >= 11 is 10.9. The third-order valence-corrected chi connectivity index (χ3v) is 3.61. The van der Waals surface area contributed by atoms with Crippen LogP contribution in [-0.2, 0) is 6.54 Å². The van der Waals surface area contributed by atoms with Gasteiger partial charge in [-0.15, -0.1) is 18.2 Å². The molecule has 0 radical (unpaired) electrons. The first-order valence-corrected chi connectivity index (χ1v) is 9.51. The number of H-pyrrole nitrogens is 1. The number of imidazole rings is 1. The Hall–Kier alpha value is -2.43. The number of nitrogens with zero attached hydrogens (tertiary/aromatic N) is 1. The molecule has 1 aromatic heterocycles. The van der Waals surface area contributed by atoms with Crippen molar-refractivity contribution < 1.29 is 0 Å². The van der Waals surface area contributed by atoms with Gasteiger partial charge in [-0.3, -0.25) is 4.57 Å². The summed E-state index contributed by atoms with van der Waals surface area (Å²) in [5.74, 6) is 0.556. The normalized spacial score (nSPS) is 9.48. The number of benzene rings is 2. The molecule has 0 saturated heterocycles. The maximum absolute atomic E-state index is 11.9. The van der Waals surface area contributed by atoms with Crippen molar-refractivity contribution in [1.82, 2.24) is 9.55 Å². The maximum Gasteiger partial charge on any atom is 0.326 e. The van der Waals surface area contributed by atoms with Crippen LogP contribution in [0.25, 0.3) is 11.0 Å². The van der Waals surface area contributed by atoms with Gasteiger partial charge < -0.3 is 10.3 Å². The fraction of sp³-hybridized carbons (Fsp3) is 0.190. The van der Waals surface area contributed by atoms with Gasteiger partial charge in [-0.1, -0.05) is 56.3 Å². The van der Waals surface area contributed by atoms with E-state index in [0.717, 1.165) is 22.4 Å². The van der Waals surface area contributed by atoms with Crippen molar-refractivity contribution in [3.8, 4) is 0 Å². The molecule has 0 unspecified atom stereocenters. The number of anilines is 2. The number of nitrogens with one attached hydrogen (secondary N) is 2. The van der Waals surface area contributed by atoms with Crippen LogP contribution in [0.2, 0.25) is 0 Å². The summed E-state index contributed by atoms with van der Waals surface area (Å²) in [6.07, 6.45) is 1.64. The smallest absolute Gasteiger partial charge is 0.326 e. The maximum atomic E-state index is 11.9. The van der Waals surface area contributed by atoms with Crippen LogP contribution in [0.5, 0.6) is 0 Å². The predicted octanol–water partition coefficient (Wildman–Crippen LogP) is 6.26. The molecule has 27 heavy (non-hydrogen) atoms. The minimum absolute atomic E-state index is 0.191. The molecule has 2 aromatic carbocycles. The molecule has 3 rings (SSSR count). The van der Waals surface area contributed by atoms with Crippen molar-refractivity contribution in [2.75, 3.05) is 11.2 Å². The molecule has 0 aliphatic carbocycles. The van der Waals surface area contributed by atoms with E-state index in [1.807, 2.05) is 62.4 Å². The molecule has 0 bridgehead atoms. The summed E-state index contributed by atoms with van der Waals surface area (Å²) in [5, 5.41) is 3.71. The number of hydrogen-bond acceptors (Lipinski definition) is 2. The molecule has 4 nitrogen and oxygen atoms in total. The number of allylic oxidation sites excluding steroid dienone is 2. The van der Waals surface area contributed by atoms with Crippen molar-refractivity contribution in [2.24, 2.45) is 0 Å². The van der Waals surface area contributed by atoms with Gasteiger partial charge in [-0.05, 0) is 30.3 Å². The van der Waals surface area contributed by atoms with Gasteiger partial charge in [0.25, 0.3) is 0 Å². The number of aromatic nitrogens is 2. The van der Waals surface area contributed by atoms with E-state index < -0.39 is 0 Å². The summed E-state index contributed by atoms with van der Waals surface area (Å²) in [5.41, 5.74) is 3.28. The molecule has 0 aliphatic heterocycles. The van der Waals surface area contributed by atoms with Gasteiger partial charge in [0.15, 0.2) is 0 Å². The summed E-state index contributed by atoms with van der Waals surface area (Å²) in [6.45, 7) is 11.3. The number of halogens is 2. The van der Waals surface area contributed by atoms with E-state index in [1.165, 1.54) is 0 Å². The van der Waals surface area contributed by atoms with Crippen molar-refractivity contribution in [3.63, 3.8) is 0 Å². The van der Waals surface area contributed by atoms with E-state index in [9.17, 15) is 4.79 Å². The van der Waals surface area contributed by atoms with Gasteiger partial charge in [-0.25, -0.2) is 4.79 Å². The predicted molar refractivity (Wildman–Crippen MR) is 120 cm³/mol. The minimum atomic E-state index is -0.191. The first-order valence-electron chi connectivity index (χ1n) is 8.60. The molecule has 0 atom stereocenters. The molecule has 0 aliphatic rings. The standard InChI is InChI=1S/C16H14ClN3O.C3H5Cl.C2H6/c1-11(17)10-20-15-8-7-13(9-14(15)19-16(20)21)18-12-5-3-2-4-6-12;1-2-3-4;1-2/h2-9,18H,1,10H2,(H,19,21);2H,1,3H2;1-2H3. The van der Waals surface area contributed by atoms with E-state index in [2.05, 4.69) is 23.5 Å². The Morgan fingerprint density at radius 1 is 1.19 bits per heavy atom. The Labute approximate surface area is 170 Å². The molecule has 0 saturated carbocycles. The van der Waals surface area contributed by atoms with Crippen molar-refractivity contribution in [1.29, 1.82) is 0 Å². The van der Waals surface area contributed by atoms with Crippen molar-refractivity contribution in [2.45, 2.75) is 20.4 Å². The Morgan fingerprint density at radius 2 is 1.81 bits per heavy atom. The van der Waals surface area contributed by atoms with Gasteiger partial charge in [-0.2, -0.15) is 0 Å². The average Bonchev–Trinajstić information content (AvgIpc) is 2.98.